The molecule has 1 aliphatic rings. The Hall–Kier alpha value is -1.41. The van der Waals surface area contributed by atoms with Gasteiger partial charge in [0.1, 0.15) is 36.6 Å². The van der Waals surface area contributed by atoms with Crippen LogP contribution < -0.4 is 5.32 Å². The number of aliphatic hydroxyl groups excluding tert-OH is 7. The third kappa shape index (κ3) is 34.5. The number of carbonyl (C=O) groups excluding carboxylic acids is 1. The van der Waals surface area contributed by atoms with Crippen LogP contribution in [-0.2, 0) is 14.3 Å². The van der Waals surface area contributed by atoms with Crippen LogP contribution in [0.25, 0.3) is 0 Å². The Morgan fingerprint density at radius 1 is 0.507 bits per heavy atom. The highest BCUT2D eigenvalue weighted by Gasteiger charge is 2.44. The van der Waals surface area contributed by atoms with Gasteiger partial charge in [-0.15, -0.1) is 0 Å². The molecule has 0 spiro atoms. The van der Waals surface area contributed by atoms with E-state index in [4.69, 9.17) is 9.47 Å². The van der Waals surface area contributed by atoms with Gasteiger partial charge in [-0.1, -0.05) is 231 Å². The summed E-state index contributed by atoms with van der Waals surface area (Å²) in [6.07, 6.45) is 42.3. The van der Waals surface area contributed by atoms with Crippen molar-refractivity contribution in [2.75, 3.05) is 13.2 Å². The van der Waals surface area contributed by atoms with E-state index in [0.717, 1.165) is 38.5 Å². The van der Waals surface area contributed by atoms with Crippen LogP contribution in [0, 0.1) is 0 Å². The molecule has 1 fully saturated rings. The topological polar surface area (TPSA) is 189 Å². The summed E-state index contributed by atoms with van der Waals surface area (Å²) < 4.78 is 11.1. The van der Waals surface area contributed by atoms with E-state index in [2.05, 4.69) is 43.5 Å². The molecule has 9 unspecified atom stereocenters. The first-order valence-electron chi connectivity index (χ1n) is 28.2. The van der Waals surface area contributed by atoms with Crippen molar-refractivity contribution in [3.63, 3.8) is 0 Å². The monoisotopic (exact) mass is 954 g/mol. The fourth-order valence-electron chi connectivity index (χ4n) is 9.11. The first kappa shape index (κ1) is 63.6. The number of carbonyl (C=O) groups is 1. The minimum atomic E-state index is -1.67. The van der Waals surface area contributed by atoms with Crippen LogP contribution in [0.15, 0.2) is 24.3 Å². The third-order valence-electron chi connectivity index (χ3n) is 13.7. The lowest BCUT2D eigenvalue weighted by Crippen LogP contribution is -2.60. The molecule has 8 N–H and O–H groups in total. The van der Waals surface area contributed by atoms with Crippen LogP contribution in [0.5, 0.6) is 0 Å². The molecule has 11 heteroatoms. The summed E-state index contributed by atoms with van der Waals surface area (Å²) in [4.78, 5) is 13.2. The third-order valence-corrected chi connectivity index (χ3v) is 13.7. The quantitative estimate of drug-likeness (QED) is 0.0215. The Morgan fingerprint density at radius 3 is 1.33 bits per heavy atom. The normalized spacial score (nSPS) is 20.8. The smallest absolute Gasteiger partial charge is 0.249 e. The molecule has 1 rings (SSSR count). The zero-order valence-corrected chi connectivity index (χ0v) is 43.1. The minimum Gasteiger partial charge on any atom is -0.394 e. The van der Waals surface area contributed by atoms with Crippen LogP contribution in [0.3, 0.4) is 0 Å². The van der Waals surface area contributed by atoms with Crippen molar-refractivity contribution in [1.82, 2.24) is 5.32 Å². The molecular formula is C56H107NO10. The number of hydrogen-bond acceptors (Lipinski definition) is 10. The number of nitrogens with one attached hydrogen (secondary N) is 1. The van der Waals surface area contributed by atoms with E-state index in [1.54, 1.807) is 0 Å². The molecular weight excluding hydrogens is 847 g/mol. The SMILES string of the molecule is CCCCCCCCCCCCC/C=C/CC/C=C/CCCC(O)C(O)C(COC1OC(CO)C(O)C(O)C1O)NC(=O)C(O)CCCCCCCCCCCCCCCCCCCCCC. The first-order valence-corrected chi connectivity index (χ1v) is 28.2. The van der Waals surface area contributed by atoms with Crippen molar-refractivity contribution >= 4 is 5.91 Å². The van der Waals surface area contributed by atoms with E-state index in [-0.39, 0.29) is 12.8 Å². The second-order valence-electron chi connectivity index (χ2n) is 20.0. The van der Waals surface area contributed by atoms with Gasteiger partial charge in [-0.3, -0.25) is 4.79 Å². The van der Waals surface area contributed by atoms with E-state index in [1.807, 2.05) is 0 Å². The van der Waals surface area contributed by atoms with Gasteiger partial charge in [0, 0.05) is 0 Å². The molecule has 11 nitrogen and oxygen atoms in total. The van der Waals surface area contributed by atoms with Gasteiger partial charge in [-0.25, -0.2) is 0 Å². The van der Waals surface area contributed by atoms with Gasteiger partial charge in [-0.05, 0) is 51.4 Å². The van der Waals surface area contributed by atoms with Crippen LogP contribution >= 0.6 is 0 Å². The summed E-state index contributed by atoms with van der Waals surface area (Å²) in [6.45, 7) is 3.46. The van der Waals surface area contributed by atoms with E-state index < -0.39 is 74.2 Å². The van der Waals surface area contributed by atoms with Gasteiger partial charge in [0.25, 0.3) is 0 Å². The summed E-state index contributed by atoms with van der Waals surface area (Å²) in [5, 5.41) is 76.0. The lowest BCUT2D eigenvalue weighted by Gasteiger charge is -2.40. The Balaban J connectivity index is 2.36. The van der Waals surface area contributed by atoms with Gasteiger partial charge in [0.05, 0.1) is 25.4 Å². The number of amides is 1. The molecule has 0 aliphatic carbocycles. The Kier molecular flexibility index (Phi) is 43.4. The molecule has 67 heavy (non-hydrogen) atoms. The standard InChI is InChI=1S/C56H107NO10/c1-3-5-7-9-11-13-15-17-19-21-23-25-27-29-31-33-35-37-39-41-43-48(59)51(61)47(46-66-56-54(64)53(63)52(62)50(45-58)67-56)57-55(65)49(60)44-42-40-38-36-34-32-30-28-26-24-22-20-18-16-14-12-10-8-6-4-2/h27,29,35,37,47-54,56,58-64H,3-26,28,30-34,36,38-46H2,1-2H3,(H,57,65)/b29-27+,37-35+. The maximum atomic E-state index is 13.2. The van der Waals surface area contributed by atoms with Crippen LogP contribution in [-0.4, -0.2) is 110 Å². The predicted molar refractivity (Wildman–Crippen MR) is 275 cm³/mol. The number of unbranched alkanes of at least 4 members (excludes halogenated alkanes) is 32. The maximum absolute atomic E-state index is 13.2. The van der Waals surface area contributed by atoms with Gasteiger partial charge < -0.3 is 50.5 Å². The van der Waals surface area contributed by atoms with Gasteiger partial charge >= 0.3 is 0 Å². The lowest BCUT2D eigenvalue weighted by atomic mass is 9.98. The zero-order chi connectivity index (χ0) is 49.0. The molecule has 0 bridgehead atoms. The Bertz CT molecular complexity index is 1140. The second-order valence-corrected chi connectivity index (χ2v) is 20.0. The highest BCUT2D eigenvalue weighted by Crippen LogP contribution is 2.23. The number of rotatable bonds is 48. The van der Waals surface area contributed by atoms with Crippen molar-refractivity contribution in [3.05, 3.63) is 24.3 Å². The molecule has 1 saturated heterocycles. The molecule has 0 radical (unpaired) electrons. The predicted octanol–water partition coefficient (Wildman–Crippen LogP) is 11.3. The fraction of sp³-hybridized carbons (Fsp3) is 0.911. The molecule has 0 aromatic rings. The summed E-state index contributed by atoms with van der Waals surface area (Å²) in [5.41, 5.74) is 0. The Labute approximate surface area is 410 Å². The molecule has 1 amide bonds. The summed E-state index contributed by atoms with van der Waals surface area (Å²) in [7, 11) is 0. The van der Waals surface area contributed by atoms with Crippen molar-refractivity contribution in [1.29, 1.82) is 0 Å². The van der Waals surface area contributed by atoms with Crippen LogP contribution in [0.1, 0.15) is 258 Å². The van der Waals surface area contributed by atoms with Crippen molar-refractivity contribution < 1.29 is 50.0 Å². The summed E-state index contributed by atoms with van der Waals surface area (Å²) in [6, 6.07) is -1.19. The largest absolute Gasteiger partial charge is 0.394 e. The van der Waals surface area contributed by atoms with E-state index >= 15 is 0 Å². The average molecular weight is 954 g/mol. The van der Waals surface area contributed by atoms with E-state index in [1.165, 1.54) is 173 Å². The van der Waals surface area contributed by atoms with Crippen LogP contribution in [0.2, 0.25) is 0 Å². The van der Waals surface area contributed by atoms with Gasteiger partial charge in [-0.2, -0.15) is 0 Å². The highest BCUT2D eigenvalue weighted by molar-refractivity contribution is 5.80. The van der Waals surface area contributed by atoms with E-state index in [0.29, 0.717) is 19.3 Å². The molecule has 396 valence electrons. The highest BCUT2D eigenvalue weighted by atomic mass is 16.7. The number of aliphatic hydroxyl groups is 7. The molecule has 0 saturated carbocycles. The van der Waals surface area contributed by atoms with Crippen molar-refractivity contribution in [2.24, 2.45) is 0 Å². The molecule has 9 atom stereocenters. The molecule has 0 aromatic heterocycles. The Morgan fingerprint density at radius 2 is 0.896 bits per heavy atom. The number of allylic oxidation sites excluding steroid dienone is 4. The minimum absolute atomic E-state index is 0.249. The molecule has 0 aromatic carbocycles. The molecule has 1 aliphatic heterocycles. The second kappa shape index (κ2) is 45.7. The molecule has 1 heterocycles. The number of hydrogen-bond donors (Lipinski definition) is 8. The first-order chi connectivity index (χ1) is 32.7. The summed E-state index contributed by atoms with van der Waals surface area (Å²) in [5.74, 6) is -0.706. The van der Waals surface area contributed by atoms with Crippen molar-refractivity contribution in [3.8, 4) is 0 Å². The zero-order valence-electron chi connectivity index (χ0n) is 43.1. The van der Waals surface area contributed by atoms with Crippen LogP contribution in [0.4, 0.5) is 0 Å². The van der Waals surface area contributed by atoms with Gasteiger partial charge in [0.15, 0.2) is 6.29 Å². The maximum Gasteiger partial charge on any atom is 0.249 e. The number of ether oxygens (including phenoxy) is 2. The lowest BCUT2D eigenvalue weighted by molar-refractivity contribution is -0.303. The fourth-order valence-corrected chi connectivity index (χ4v) is 9.11. The van der Waals surface area contributed by atoms with Gasteiger partial charge in [0.2, 0.25) is 5.91 Å². The van der Waals surface area contributed by atoms with Crippen molar-refractivity contribution in [2.45, 2.75) is 313 Å². The van der Waals surface area contributed by atoms with E-state index in [9.17, 15) is 40.5 Å². The summed E-state index contributed by atoms with van der Waals surface area (Å²) >= 11 is 0. The average Bonchev–Trinajstić information content (AvgIpc) is 3.33.